The van der Waals surface area contributed by atoms with Crippen molar-refractivity contribution >= 4 is 5.91 Å². The number of ether oxygens (including phenoxy) is 1. The second kappa shape index (κ2) is 9.19. The van der Waals surface area contributed by atoms with Gasteiger partial charge in [0.25, 0.3) is 0 Å². The molecule has 24 heavy (non-hydrogen) atoms. The zero-order chi connectivity index (χ0) is 16.6. The van der Waals surface area contributed by atoms with E-state index in [-0.39, 0.29) is 12.0 Å². The number of carbonyl (C=O) groups excluding carboxylic acids is 1. The standard InChI is InChI=1S/C20H30N2O2/c23-20(21-14-19-12-7-13-24-19)16-22(18-10-5-2-6-11-18)15-17-8-3-1-4-9-17/h1,3-4,8-9,18-19H,2,5-7,10-16H2,(H,21,23). The summed E-state index contributed by atoms with van der Waals surface area (Å²) in [5.74, 6) is 0.131. The van der Waals surface area contributed by atoms with Crippen LogP contribution in [0.1, 0.15) is 50.5 Å². The van der Waals surface area contributed by atoms with Gasteiger partial charge in [0.1, 0.15) is 0 Å². The average Bonchev–Trinajstić information content (AvgIpc) is 3.15. The first-order chi connectivity index (χ1) is 11.8. The van der Waals surface area contributed by atoms with E-state index in [1.807, 2.05) is 6.07 Å². The molecule has 0 spiro atoms. The number of carbonyl (C=O) groups is 1. The first-order valence-electron chi connectivity index (χ1n) is 9.47. The lowest BCUT2D eigenvalue weighted by Crippen LogP contribution is -2.44. The normalized spacial score (nSPS) is 22.0. The second-order valence-electron chi connectivity index (χ2n) is 7.12. The number of nitrogens with zero attached hydrogens (tertiary/aromatic N) is 1. The summed E-state index contributed by atoms with van der Waals surface area (Å²) in [7, 11) is 0. The Balaban J connectivity index is 1.54. The quantitative estimate of drug-likeness (QED) is 0.835. The lowest BCUT2D eigenvalue weighted by atomic mass is 9.93. The number of nitrogens with one attached hydrogen (secondary N) is 1. The third-order valence-corrected chi connectivity index (χ3v) is 5.22. The highest BCUT2D eigenvalue weighted by atomic mass is 16.5. The zero-order valence-corrected chi connectivity index (χ0v) is 14.6. The van der Waals surface area contributed by atoms with Crippen LogP contribution in [0.25, 0.3) is 0 Å². The van der Waals surface area contributed by atoms with Crippen molar-refractivity contribution in [3.05, 3.63) is 35.9 Å². The van der Waals surface area contributed by atoms with Gasteiger partial charge in [0.15, 0.2) is 0 Å². The van der Waals surface area contributed by atoms with Crippen molar-refractivity contribution < 1.29 is 9.53 Å². The van der Waals surface area contributed by atoms with Crippen LogP contribution >= 0.6 is 0 Å². The summed E-state index contributed by atoms with van der Waals surface area (Å²) in [5, 5.41) is 3.07. The van der Waals surface area contributed by atoms with Crippen LogP contribution in [0.2, 0.25) is 0 Å². The third kappa shape index (κ3) is 5.32. The van der Waals surface area contributed by atoms with E-state index in [1.165, 1.54) is 37.7 Å². The van der Waals surface area contributed by atoms with E-state index in [4.69, 9.17) is 4.74 Å². The number of hydrogen-bond donors (Lipinski definition) is 1. The Bertz CT molecular complexity index is 494. The molecule has 3 rings (SSSR count). The molecule has 1 aromatic carbocycles. The van der Waals surface area contributed by atoms with Crippen LogP contribution in [-0.2, 0) is 16.1 Å². The molecule has 4 heteroatoms. The maximum atomic E-state index is 12.4. The van der Waals surface area contributed by atoms with Crippen molar-refractivity contribution in [2.24, 2.45) is 0 Å². The molecule has 1 amide bonds. The van der Waals surface area contributed by atoms with Crippen LogP contribution < -0.4 is 5.32 Å². The molecule has 1 aromatic rings. The van der Waals surface area contributed by atoms with Gasteiger partial charge in [0.2, 0.25) is 5.91 Å². The molecule has 1 aliphatic carbocycles. The molecule has 1 atom stereocenters. The molecular formula is C20H30N2O2. The van der Waals surface area contributed by atoms with Crippen molar-refractivity contribution in [2.45, 2.75) is 63.6 Å². The molecule has 1 unspecified atom stereocenters. The third-order valence-electron chi connectivity index (χ3n) is 5.22. The minimum atomic E-state index is 0.131. The summed E-state index contributed by atoms with van der Waals surface area (Å²) in [4.78, 5) is 14.8. The van der Waals surface area contributed by atoms with Gasteiger partial charge in [0, 0.05) is 25.7 Å². The highest BCUT2D eigenvalue weighted by molar-refractivity contribution is 5.78. The minimum absolute atomic E-state index is 0.131. The molecule has 1 saturated carbocycles. The molecule has 132 valence electrons. The SMILES string of the molecule is O=C(CN(Cc1ccccc1)C1CCCCC1)NCC1CCCO1. The van der Waals surface area contributed by atoms with Gasteiger partial charge >= 0.3 is 0 Å². The molecule has 1 heterocycles. The van der Waals surface area contributed by atoms with Crippen molar-refractivity contribution in [3.8, 4) is 0 Å². The smallest absolute Gasteiger partial charge is 0.234 e. The fraction of sp³-hybridized carbons (Fsp3) is 0.650. The lowest BCUT2D eigenvalue weighted by Gasteiger charge is -2.34. The molecule has 4 nitrogen and oxygen atoms in total. The van der Waals surface area contributed by atoms with Gasteiger partial charge in [-0.3, -0.25) is 9.69 Å². The number of amides is 1. The Morgan fingerprint density at radius 2 is 1.88 bits per heavy atom. The summed E-state index contributed by atoms with van der Waals surface area (Å²) in [6.45, 7) is 2.84. The largest absolute Gasteiger partial charge is 0.376 e. The maximum Gasteiger partial charge on any atom is 0.234 e. The Morgan fingerprint density at radius 1 is 1.08 bits per heavy atom. The summed E-state index contributed by atoms with van der Waals surface area (Å²) in [6, 6.07) is 11.0. The van der Waals surface area contributed by atoms with Gasteiger partial charge in [-0.1, -0.05) is 49.6 Å². The van der Waals surface area contributed by atoms with E-state index in [1.54, 1.807) is 0 Å². The first kappa shape index (κ1) is 17.4. The highest BCUT2D eigenvalue weighted by Gasteiger charge is 2.24. The molecule has 1 aliphatic heterocycles. The van der Waals surface area contributed by atoms with Crippen molar-refractivity contribution in [3.63, 3.8) is 0 Å². The van der Waals surface area contributed by atoms with Crippen LogP contribution in [0, 0.1) is 0 Å². The van der Waals surface area contributed by atoms with E-state index in [9.17, 15) is 4.79 Å². The predicted octanol–water partition coefficient (Wildman–Crippen LogP) is 3.12. The van der Waals surface area contributed by atoms with E-state index in [2.05, 4.69) is 34.5 Å². The van der Waals surface area contributed by atoms with Gasteiger partial charge in [-0.15, -0.1) is 0 Å². The summed E-state index contributed by atoms with van der Waals surface area (Å²) >= 11 is 0. The number of benzene rings is 1. The minimum Gasteiger partial charge on any atom is -0.376 e. The molecule has 1 saturated heterocycles. The highest BCUT2D eigenvalue weighted by Crippen LogP contribution is 2.24. The van der Waals surface area contributed by atoms with Gasteiger partial charge in [-0.25, -0.2) is 0 Å². The lowest BCUT2D eigenvalue weighted by molar-refractivity contribution is -0.123. The second-order valence-corrected chi connectivity index (χ2v) is 7.12. The van der Waals surface area contributed by atoms with Crippen molar-refractivity contribution in [1.82, 2.24) is 10.2 Å². The fourth-order valence-corrected chi connectivity index (χ4v) is 3.85. The maximum absolute atomic E-state index is 12.4. The van der Waals surface area contributed by atoms with E-state index in [0.717, 1.165) is 26.0 Å². The molecule has 0 radical (unpaired) electrons. The van der Waals surface area contributed by atoms with Crippen LogP contribution in [0.15, 0.2) is 30.3 Å². The van der Waals surface area contributed by atoms with E-state index in [0.29, 0.717) is 19.1 Å². The molecule has 1 N–H and O–H groups in total. The van der Waals surface area contributed by atoms with Crippen molar-refractivity contribution in [1.29, 1.82) is 0 Å². The average molecular weight is 330 g/mol. The van der Waals surface area contributed by atoms with Crippen LogP contribution in [0.3, 0.4) is 0 Å². The molecule has 2 fully saturated rings. The number of rotatable bonds is 7. The van der Waals surface area contributed by atoms with Crippen LogP contribution in [-0.4, -0.2) is 42.6 Å². The van der Waals surface area contributed by atoms with Crippen LogP contribution in [0.5, 0.6) is 0 Å². The van der Waals surface area contributed by atoms with Gasteiger partial charge in [-0.05, 0) is 31.2 Å². The first-order valence-corrected chi connectivity index (χ1v) is 9.47. The Morgan fingerprint density at radius 3 is 2.58 bits per heavy atom. The topological polar surface area (TPSA) is 41.6 Å². The fourth-order valence-electron chi connectivity index (χ4n) is 3.85. The predicted molar refractivity (Wildman–Crippen MR) is 95.7 cm³/mol. The van der Waals surface area contributed by atoms with Gasteiger partial charge in [0.05, 0.1) is 12.6 Å². The molecule has 2 aliphatic rings. The molecule has 0 bridgehead atoms. The summed E-state index contributed by atoms with van der Waals surface area (Å²) in [5.41, 5.74) is 1.29. The van der Waals surface area contributed by atoms with Crippen LogP contribution in [0.4, 0.5) is 0 Å². The molecule has 0 aromatic heterocycles. The summed E-state index contributed by atoms with van der Waals surface area (Å²) in [6.07, 6.45) is 8.73. The van der Waals surface area contributed by atoms with E-state index >= 15 is 0 Å². The molecular weight excluding hydrogens is 300 g/mol. The van der Waals surface area contributed by atoms with Crippen molar-refractivity contribution in [2.75, 3.05) is 19.7 Å². The van der Waals surface area contributed by atoms with E-state index < -0.39 is 0 Å². The Labute approximate surface area is 145 Å². The Hall–Kier alpha value is -1.39. The number of hydrogen-bond acceptors (Lipinski definition) is 3. The monoisotopic (exact) mass is 330 g/mol. The summed E-state index contributed by atoms with van der Waals surface area (Å²) < 4.78 is 5.59. The Kier molecular flexibility index (Phi) is 6.67. The van der Waals surface area contributed by atoms with Gasteiger partial charge in [-0.2, -0.15) is 0 Å². The van der Waals surface area contributed by atoms with Gasteiger partial charge < -0.3 is 10.1 Å². The zero-order valence-electron chi connectivity index (χ0n) is 14.6.